The molecule has 1 aliphatic heterocycles. The summed E-state index contributed by atoms with van der Waals surface area (Å²) in [7, 11) is 0. The number of carboxylic acids is 1. The van der Waals surface area contributed by atoms with Crippen molar-refractivity contribution in [2.75, 3.05) is 19.8 Å². The number of benzene rings is 1. The zero-order valence-electron chi connectivity index (χ0n) is 15.7. The molecule has 1 fully saturated rings. The lowest BCUT2D eigenvalue weighted by atomic mass is 9.98. The van der Waals surface area contributed by atoms with Crippen molar-refractivity contribution in [3.8, 4) is 16.9 Å². The molecule has 0 saturated carbocycles. The number of aromatic nitrogens is 1. The number of aryl methyl sites for hydroxylation is 1. The topological polar surface area (TPSA) is 91.7 Å². The van der Waals surface area contributed by atoms with E-state index in [-0.39, 0.29) is 6.61 Å². The molecule has 0 aliphatic carbocycles. The van der Waals surface area contributed by atoms with Gasteiger partial charge >= 0.3 is 12.1 Å². The first-order valence-corrected chi connectivity index (χ1v) is 9.11. The Bertz CT molecular complexity index is 795. The van der Waals surface area contributed by atoms with Gasteiger partial charge in [0.1, 0.15) is 12.4 Å². The molecule has 0 amide bonds. The Morgan fingerprint density at radius 2 is 1.97 bits per heavy atom. The SMILES string of the molecule is O=C(O)C(F)(F)F.OCCCc1ccccc1-c1cncc(OC[C@@H]2CCN2)c1. The minimum absolute atomic E-state index is 0.212. The normalized spacial score (nSPS) is 15.7. The summed E-state index contributed by atoms with van der Waals surface area (Å²) < 4.78 is 37.6. The number of hydrogen-bond acceptors (Lipinski definition) is 5. The number of pyridine rings is 1. The van der Waals surface area contributed by atoms with Gasteiger partial charge in [0.05, 0.1) is 6.20 Å². The molecule has 158 valence electrons. The van der Waals surface area contributed by atoms with Gasteiger partial charge in [-0.05, 0) is 43.0 Å². The molecule has 1 aromatic carbocycles. The van der Waals surface area contributed by atoms with Crippen molar-refractivity contribution < 1.29 is 32.9 Å². The van der Waals surface area contributed by atoms with Crippen LogP contribution in [-0.2, 0) is 11.2 Å². The minimum Gasteiger partial charge on any atom is -0.490 e. The van der Waals surface area contributed by atoms with E-state index in [9.17, 15) is 13.2 Å². The fraction of sp³-hybridized carbons (Fsp3) is 0.400. The number of hydrogen-bond donors (Lipinski definition) is 3. The van der Waals surface area contributed by atoms with Crippen molar-refractivity contribution in [1.29, 1.82) is 0 Å². The second-order valence-electron chi connectivity index (χ2n) is 6.45. The van der Waals surface area contributed by atoms with Crippen molar-refractivity contribution in [2.45, 2.75) is 31.5 Å². The third-order valence-electron chi connectivity index (χ3n) is 4.27. The maximum absolute atomic E-state index is 10.6. The van der Waals surface area contributed by atoms with E-state index in [2.05, 4.69) is 22.4 Å². The van der Waals surface area contributed by atoms with Crippen molar-refractivity contribution >= 4 is 5.97 Å². The lowest BCUT2D eigenvalue weighted by molar-refractivity contribution is -0.192. The minimum atomic E-state index is -5.08. The molecule has 0 spiro atoms. The molecule has 1 saturated heterocycles. The van der Waals surface area contributed by atoms with Gasteiger partial charge in [-0.25, -0.2) is 4.79 Å². The van der Waals surface area contributed by atoms with Crippen molar-refractivity contribution in [3.05, 3.63) is 48.3 Å². The largest absolute Gasteiger partial charge is 0.490 e. The third-order valence-corrected chi connectivity index (χ3v) is 4.27. The Morgan fingerprint density at radius 3 is 2.55 bits per heavy atom. The van der Waals surface area contributed by atoms with E-state index in [1.165, 1.54) is 12.0 Å². The van der Waals surface area contributed by atoms with Gasteiger partial charge < -0.3 is 20.3 Å². The first kappa shape index (κ1) is 22.6. The van der Waals surface area contributed by atoms with Crippen LogP contribution in [0, 0.1) is 0 Å². The molecule has 6 nitrogen and oxygen atoms in total. The molecule has 3 N–H and O–H groups in total. The van der Waals surface area contributed by atoms with Crippen molar-refractivity contribution in [3.63, 3.8) is 0 Å². The maximum atomic E-state index is 10.6. The molecule has 0 unspecified atom stereocenters. The highest BCUT2D eigenvalue weighted by Gasteiger charge is 2.38. The first-order chi connectivity index (χ1) is 13.8. The summed E-state index contributed by atoms with van der Waals surface area (Å²) in [5.41, 5.74) is 3.46. The van der Waals surface area contributed by atoms with Crippen LogP contribution in [0.1, 0.15) is 18.4 Å². The molecular formula is C20H23F3N2O4. The summed E-state index contributed by atoms with van der Waals surface area (Å²) in [6, 6.07) is 10.8. The van der Waals surface area contributed by atoms with Gasteiger partial charge in [-0.1, -0.05) is 24.3 Å². The fourth-order valence-electron chi connectivity index (χ4n) is 2.62. The van der Waals surface area contributed by atoms with Crippen LogP contribution in [0.25, 0.3) is 11.1 Å². The smallest absolute Gasteiger partial charge is 0.490 e. The molecule has 9 heteroatoms. The predicted octanol–water partition coefficient (Wildman–Crippen LogP) is 3.05. The summed E-state index contributed by atoms with van der Waals surface area (Å²) in [4.78, 5) is 13.2. The Labute approximate surface area is 166 Å². The number of aliphatic hydroxyl groups excluding tert-OH is 1. The number of nitrogens with one attached hydrogen (secondary N) is 1. The molecule has 0 radical (unpaired) electrons. The molecule has 1 aliphatic rings. The van der Waals surface area contributed by atoms with E-state index < -0.39 is 12.1 Å². The Kier molecular flexibility index (Phi) is 8.41. The molecule has 1 aromatic heterocycles. The van der Waals surface area contributed by atoms with E-state index in [1.807, 2.05) is 24.4 Å². The molecule has 1 atom stereocenters. The number of carbonyl (C=O) groups is 1. The second-order valence-corrected chi connectivity index (χ2v) is 6.45. The Morgan fingerprint density at radius 1 is 1.28 bits per heavy atom. The van der Waals surface area contributed by atoms with Crippen molar-refractivity contribution in [1.82, 2.24) is 10.3 Å². The van der Waals surface area contributed by atoms with Crippen LogP contribution in [0.4, 0.5) is 13.2 Å². The van der Waals surface area contributed by atoms with Gasteiger partial charge in [0.15, 0.2) is 0 Å². The Balaban J connectivity index is 0.000000370. The van der Waals surface area contributed by atoms with Crippen LogP contribution in [-0.4, -0.2) is 53.1 Å². The van der Waals surface area contributed by atoms with E-state index in [4.69, 9.17) is 19.7 Å². The summed E-state index contributed by atoms with van der Waals surface area (Å²) in [5.74, 6) is -1.95. The van der Waals surface area contributed by atoms with Crippen molar-refractivity contribution in [2.24, 2.45) is 0 Å². The highest BCUT2D eigenvalue weighted by molar-refractivity contribution is 5.73. The molecule has 0 bridgehead atoms. The lowest BCUT2D eigenvalue weighted by Gasteiger charge is -2.27. The van der Waals surface area contributed by atoms with Crippen LogP contribution in [0.15, 0.2) is 42.7 Å². The van der Waals surface area contributed by atoms with Gasteiger partial charge in [0.25, 0.3) is 0 Å². The van der Waals surface area contributed by atoms with E-state index >= 15 is 0 Å². The fourth-order valence-corrected chi connectivity index (χ4v) is 2.62. The predicted molar refractivity (Wildman–Crippen MR) is 101 cm³/mol. The number of ether oxygens (including phenoxy) is 1. The molecule has 3 rings (SSSR count). The van der Waals surface area contributed by atoms with Gasteiger partial charge in [0.2, 0.25) is 0 Å². The monoisotopic (exact) mass is 412 g/mol. The van der Waals surface area contributed by atoms with Gasteiger partial charge in [-0.2, -0.15) is 13.2 Å². The number of nitrogens with zero attached hydrogens (tertiary/aromatic N) is 1. The quantitative estimate of drug-likeness (QED) is 0.648. The highest BCUT2D eigenvalue weighted by atomic mass is 19.4. The molecule has 2 aromatic rings. The van der Waals surface area contributed by atoms with Gasteiger partial charge in [-0.15, -0.1) is 0 Å². The van der Waals surface area contributed by atoms with Crippen LogP contribution in [0.5, 0.6) is 5.75 Å². The average Bonchev–Trinajstić information content (AvgIpc) is 2.65. The number of halogens is 3. The maximum Gasteiger partial charge on any atom is 0.490 e. The van der Waals surface area contributed by atoms with E-state index in [0.29, 0.717) is 12.6 Å². The average molecular weight is 412 g/mol. The molecular weight excluding hydrogens is 389 g/mol. The standard InChI is InChI=1S/C18H22N2O2.C2HF3O2/c21-9-3-5-14-4-1-2-6-18(14)15-10-17(12-19-11-15)22-13-16-7-8-20-16;3-2(4,5)1(6)7/h1-2,4,6,10-12,16,20-21H,3,5,7-9,13H2;(H,6,7)/t16-;/m0./s1. The number of rotatable bonds is 7. The number of alkyl halides is 3. The van der Waals surface area contributed by atoms with Gasteiger partial charge in [0, 0.05) is 24.4 Å². The summed E-state index contributed by atoms with van der Waals surface area (Å²) >= 11 is 0. The number of aliphatic hydroxyl groups is 1. The summed E-state index contributed by atoms with van der Waals surface area (Å²) in [5, 5.41) is 19.5. The van der Waals surface area contributed by atoms with Crippen LogP contribution < -0.4 is 10.1 Å². The highest BCUT2D eigenvalue weighted by Crippen LogP contribution is 2.27. The second kappa shape index (κ2) is 10.8. The lowest BCUT2D eigenvalue weighted by Crippen LogP contribution is -2.46. The van der Waals surface area contributed by atoms with Crippen LogP contribution >= 0.6 is 0 Å². The first-order valence-electron chi connectivity index (χ1n) is 9.11. The summed E-state index contributed by atoms with van der Waals surface area (Å²) in [6.07, 6.45) is 1.36. The Hall–Kier alpha value is -2.65. The molecule has 2 heterocycles. The number of carboxylic acid groups (broad SMARTS) is 1. The van der Waals surface area contributed by atoms with E-state index in [0.717, 1.165) is 36.3 Å². The van der Waals surface area contributed by atoms with E-state index in [1.54, 1.807) is 6.20 Å². The summed E-state index contributed by atoms with van der Waals surface area (Å²) in [6.45, 7) is 1.99. The molecule has 29 heavy (non-hydrogen) atoms. The zero-order chi connectivity index (χ0) is 21.3. The van der Waals surface area contributed by atoms with Crippen LogP contribution in [0.2, 0.25) is 0 Å². The number of aliphatic carboxylic acids is 1. The van der Waals surface area contributed by atoms with Gasteiger partial charge in [-0.3, -0.25) is 4.98 Å². The third kappa shape index (κ3) is 7.35. The van der Waals surface area contributed by atoms with Crippen LogP contribution in [0.3, 0.4) is 0 Å². The zero-order valence-corrected chi connectivity index (χ0v) is 15.7.